The molecule has 0 aromatic heterocycles. The molecule has 0 heterocycles. The number of hydrogen-bond donors (Lipinski definition) is 0. The van der Waals surface area contributed by atoms with E-state index in [2.05, 4.69) is 27.4 Å². The Morgan fingerprint density at radius 3 is 1.97 bits per heavy atom. The van der Waals surface area contributed by atoms with Gasteiger partial charge >= 0.3 is 5.97 Å². The first-order valence-corrected chi connectivity index (χ1v) is 11.2. The highest BCUT2D eigenvalue weighted by Gasteiger charge is 2.37. The molecule has 2 aromatic rings. The maximum Gasteiger partial charge on any atom is 0.336 e. The van der Waals surface area contributed by atoms with Gasteiger partial charge in [0.15, 0.2) is 6.10 Å². The van der Waals surface area contributed by atoms with E-state index >= 15 is 0 Å². The van der Waals surface area contributed by atoms with Crippen LogP contribution in [0.4, 0.5) is 0 Å². The number of hydrogen-bond acceptors (Lipinski definition) is 4. The van der Waals surface area contributed by atoms with E-state index in [9.17, 15) is 4.79 Å². The highest BCUT2D eigenvalue weighted by atomic mass is 28.3. The van der Waals surface area contributed by atoms with Crippen molar-refractivity contribution in [3.05, 3.63) is 73.3 Å². The van der Waals surface area contributed by atoms with Crippen molar-refractivity contribution in [2.45, 2.75) is 39.4 Å². The summed E-state index contributed by atoms with van der Waals surface area (Å²) in [7, 11) is -0.297. The topological polar surface area (TPSA) is 44.8 Å². The highest BCUT2D eigenvalue weighted by Crippen LogP contribution is 2.26. The lowest BCUT2D eigenvalue weighted by Gasteiger charge is -2.32. The number of carbonyl (C=O) groups is 1. The summed E-state index contributed by atoms with van der Waals surface area (Å²) >= 11 is 0. The smallest absolute Gasteiger partial charge is 0.336 e. The zero-order valence-electron chi connectivity index (χ0n) is 17.8. The van der Waals surface area contributed by atoms with E-state index in [1.54, 1.807) is 6.08 Å². The van der Waals surface area contributed by atoms with E-state index in [0.717, 1.165) is 10.4 Å². The molecule has 2 rings (SSSR count). The molecule has 0 aliphatic carbocycles. The van der Waals surface area contributed by atoms with Crippen LogP contribution in [-0.4, -0.2) is 40.9 Å². The molecular weight excluding hydrogens is 380 g/mol. The summed E-state index contributed by atoms with van der Waals surface area (Å²) in [5.41, 5.74) is -0.0478. The second-order valence-electron chi connectivity index (χ2n) is 8.05. The van der Waals surface area contributed by atoms with E-state index in [4.69, 9.17) is 13.9 Å². The number of ether oxygens (including phenoxy) is 2. The molecule has 5 heteroatoms. The lowest BCUT2D eigenvalue weighted by molar-refractivity contribution is -0.157. The van der Waals surface area contributed by atoms with Gasteiger partial charge in [0.1, 0.15) is 0 Å². The Morgan fingerprint density at radius 2 is 1.55 bits per heavy atom. The average Bonchev–Trinajstić information content (AvgIpc) is 2.72. The Morgan fingerprint density at radius 1 is 1.03 bits per heavy atom. The fourth-order valence-corrected chi connectivity index (χ4v) is 5.15. The van der Waals surface area contributed by atoms with Gasteiger partial charge in [0.25, 0.3) is 9.04 Å². The fourth-order valence-electron chi connectivity index (χ4n) is 3.05. The normalized spacial score (nSPS) is 13.7. The Balaban J connectivity index is 2.42. The number of carbonyl (C=O) groups excluding carboxylic acids is 1. The SMILES string of the molecule is C=CCOC(CC(C)(C)C)[C@H](O[Si](c1ccccc1)c1ccccc1)C(=O)OC. The van der Waals surface area contributed by atoms with Crippen LogP contribution < -0.4 is 10.4 Å². The third-order valence-electron chi connectivity index (χ3n) is 4.33. The molecule has 29 heavy (non-hydrogen) atoms. The molecule has 4 nitrogen and oxygen atoms in total. The Bertz CT molecular complexity index is 716. The Labute approximate surface area is 176 Å². The number of methoxy groups -OCH3 is 1. The fraction of sp³-hybridized carbons (Fsp3) is 0.375. The summed E-state index contributed by atoms with van der Waals surface area (Å²) in [6.45, 7) is 10.4. The molecule has 155 valence electrons. The minimum Gasteiger partial charge on any atom is -0.467 e. The average molecular weight is 412 g/mol. The lowest BCUT2D eigenvalue weighted by Crippen LogP contribution is -2.53. The predicted molar refractivity (Wildman–Crippen MR) is 119 cm³/mol. The maximum atomic E-state index is 12.8. The lowest BCUT2D eigenvalue weighted by atomic mass is 9.87. The molecule has 0 bridgehead atoms. The first-order chi connectivity index (χ1) is 13.9. The molecule has 2 atom stereocenters. The van der Waals surface area contributed by atoms with Crippen LogP contribution in [-0.2, 0) is 18.7 Å². The molecule has 0 spiro atoms. The van der Waals surface area contributed by atoms with E-state index in [0.29, 0.717) is 13.0 Å². The van der Waals surface area contributed by atoms with Gasteiger partial charge in [-0.15, -0.1) is 6.58 Å². The number of benzene rings is 2. The van der Waals surface area contributed by atoms with Crippen molar-refractivity contribution in [1.29, 1.82) is 0 Å². The highest BCUT2D eigenvalue weighted by molar-refractivity contribution is 6.80. The molecule has 1 radical (unpaired) electrons. The van der Waals surface area contributed by atoms with Crippen LogP contribution in [0, 0.1) is 5.41 Å². The van der Waals surface area contributed by atoms with Crippen LogP contribution in [0.1, 0.15) is 27.2 Å². The van der Waals surface area contributed by atoms with Gasteiger partial charge in [-0.3, -0.25) is 0 Å². The van der Waals surface area contributed by atoms with Gasteiger partial charge in [-0.05, 0) is 22.2 Å². The summed E-state index contributed by atoms with van der Waals surface area (Å²) in [5.74, 6) is -0.419. The van der Waals surface area contributed by atoms with E-state index in [1.807, 2.05) is 60.7 Å². The van der Waals surface area contributed by atoms with Crippen molar-refractivity contribution in [3.63, 3.8) is 0 Å². The Hall–Kier alpha value is -2.21. The van der Waals surface area contributed by atoms with Crippen molar-refractivity contribution >= 4 is 25.4 Å². The maximum absolute atomic E-state index is 12.8. The van der Waals surface area contributed by atoms with Crippen molar-refractivity contribution in [1.82, 2.24) is 0 Å². The quantitative estimate of drug-likeness (QED) is 0.342. The first-order valence-electron chi connectivity index (χ1n) is 9.80. The number of rotatable bonds is 10. The zero-order chi connectivity index (χ0) is 21.3. The van der Waals surface area contributed by atoms with Crippen molar-refractivity contribution in [2.24, 2.45) is 5.41 Å². The standard InChI is InChI=1S/C24H31O4Si/c1-6-17-27-21(18-24(2,3)4)22(23(25)26-5)28-29(19-13-9-7-10-14-19)20-15-11-8-12-16-20/h6-16,21-22H,1,17-18H2,2-5H3/t21?,22-/m0/s1. The summed E-state index contributed by atoms with van der Waals surface area (Å²) in [5, 5.41) is 2.13. The van der Waals surface area contributed by atoms with Crippen LogP contribution >= 0.6 is 0 Å². The third-order valence-corrected chi connectivity index (χ3v) is 6.53. The summed E-state index contributed by atoms with van der Waals surface area (Å²) in [6, 6.07) is 20.1. The molecule has 0 N–H and O–H groups in total. The van der Waals surface area contributed by atoms with E-state index < -0.39 is 27.2 Å². The van der Waals surface area contributed by atoms with E-state index in [1.165, 1.54) is 7.11 Å². The number of esters is 1. The molecule has 2 aromatic carbocycles. The summed E-state index contributed by atoms with van der Waals surface area (Å²) in [4.78, 5) is 12.8. The van der Waals surface area contributed by atoms with Crippen LogP contribution in [0.25, 0.3) is 0 Å². The van der Waals surface area contributed by atoms with Gasteiger partial charge in [-0.1, -0.05) is 87.5 Å². The van der Waals surface area contributed by atoms with Crippen molar-refractivity contribution < 1.29 is 18.7 Å². The van der Waals surface area contributed by atoms with Gasteiger partial charge in [0, 0.05) is 0 Å². The van der Waals surface area contributed by atoms with Crippen LogP contribution in [0.2, 0.25) is 0 Å². The second kappa shape index (κ2) is 11.1. The van der Waals surface area contributed by atoms with Gasteiger partial charge in [0.2, 0.25) is 0 Å². The Kier molecular flexibility index (Phi) is 8.83. The third kappa shape index (κ3) is 7.27. The second-order valence-corrected chi connectivity index (χ2v) is 10.1. The molecule has 0 amide bonds. The van der Waals surface area contributed by atoms with Gasteiger partial charge in [0.05, 0.1) is 19.8 Å². The van der Waals surface area contributed by atoms with Gasteiger partial charge < -0.3 is 13.9 Å². The first kappa shape index (κ1) is 23.1. The molecule has 0 saturated heterocycles. The molecule has 0 aliphatic rings. The zero-order valence-corrected chi connectivity index (χ0v) is 18.8. The minimum atomic E-state index is -1.68. The van der Waals surface area contributed by atoms with Crippen LogP contribution in [0.15, 0.2) is 73.3 Å². The van der Waals surface area contributed by atoms with E-state index in [-0.39, 0.29) is 5.41 Å². The van der Waals surface area contributed by atoms with Crippen molar-refractivity contribution in [2.75, 3.05) is 13.7 Å². The van der Waals surface area contributed by atoms with Gasteiger partial charge in [-0.2, -0.15) is 0 Å². The van der Waals surface area contributed by atoms with Gasteiger partial charge in [-0.25, -0.2) is 4.79 Å². The summed E-state index contributed by atoms with van der Waals surface area (Å²) in [6.07, 6.45) is 1.07. The molecular formula is C24H31O4Si. The largest absolute Gasteiger partial charge is 0.467 e. The van der Waals surface area contributed by atoms with Crippen LogP contribution in [0.3, 0.4) is 0 Å². The molecule has 1 unspecified atom stereocenters. The molecule has 0 saturated carbocycles. The predicted octanol–water partition coefficient (Wildman–Crippen LogP) is 3.36. The minimum absolute atomic E-state index is 0.0478. The molecule has 0 fully saturated rings. The summed E-state index contributed by atoms with van der Waals surface area (Å²) < 4.78 is 17.7. The van der Waals surface area contributed by atoms with Crippen molar-refractivity contribution in [3.8, 4) is 0 Å². The molecule has 0 aliphatic heterocycles. The van der Waals surface area contributed by atoms with Crippen LogP contribution in [0.5, 0.6) is 0 Å². The monoisotopic (exact) mass is 411 g/mol.